The van der Waals surface area contributed by atoms with E-state index in [1.807, 2.05) is 19.4 Å². The normalized spacial score (nSPS) is 20.0. The SMILES string of the molecule is CC(=O)N[C@@H]1[B]Cc2c(cccc2C(=O)OC(C)OC(=O)CC2CCCCC2)C1. The summed E-state index contributed by atoms with van der Waals surface area (Å²) in [7, 11) is 1.99. The molecule has 1 unspecified atom stereocenters. The molecular formula is C22H29BNO5. The fraction of sp³-hybridized carbons (Fsp3) is 0.591. The number of carbonyl (C=O) groups excluding carboxylic acids is 3. The van der Waals surface area contributed by atoms with Crippen LogP contribution in [0, 0.1) is 5.92 Å². The molecule has 1 heterocycles. The van der Waals surface area contributed by atoms with E-state index >= 15 is 0 Å². The largest absolute Gasteiger partial charge is 0.425 e. The highest BCUT2D eigenvalue weighted by Gasteiger charge is 2.26. The molecule has 0 aromatic heterocycles. The molecule has 1 aliphatic heterocycles. The van der Waals surface area contributed by atoms with Gasteiger partial charge in [-0.2, -0.15) is 0 Å². The van der Waals surface area contributed by atoms with Crippen molar-refractivity contribution in [2.75, 3.05) is 0 Å². The highest BCUT2D eigenvalue weighted by molar-refractivity contribution is 6.38. The number of nitrogens with one attached hydrogen (secondary N) is 1. The average Bonchev–Trinajstić information content (AvgIpc) is 2.67. The predicted molar refractivity (Wildman–Crippen MR) is 109 cm³/mol. The lowest BCUT2D eigenvalue weighted by molar-refractivity contribution is -0.166. The van der Waals surface area contributed by atoms with Crippen LogP contribution in [-0.2, 0) is 31.8 Å². The summed E-state index contributed by atoms with van der Waals surface area (Å²) in [6.07, 6.45) is 6.39. The summed E-state index contributed by atoms with van der Waals surface area (Å²) < 4.78 is 10.7. The first-order chi connectivity index (χ1) is 13.9. The van der Waals surface area contributed by atoms with Crippen LogP contribution in [-0.4, -0.2) is 37.4 Å². The number of amides is 1. The van der Waals surface area contributed by atoms with E-state index in [9.17, 15) is 14.4 Å². The minimum absolute atomic E-state index is 0.0362. The van der Waals surface area contributed by atoms with E-state index in [4.69, 9.17) is 9.47 Å². The first kappa shape index (κ1) is 21.4. The summed E-state index contributed by atoms with van der Waals surface area (Å²) in [4.78, 5) is 36.1. The first-order valence-electron chi connectivity index (χ1n) is 10.5. The Morgan fingerprint density at radius 2 is 1.93 bits per heavy atom. The van der Waals surface area contributed by atoms with Crippen molar-refractivity contribution in [3.05, 3.63) is 34.9 Å². The predicted octanol–water partition coefficient (Wildman–Crippen LogP) is 2.93. The molecule has 0 saturated heterocycles. The minimum atomic E-state index is -0.922. The number of carbonyl (C=O) groups is 3. The first-order valence-corrected chi connectivity index (χ1v) is 10.5. The van der Waals surface area contributed by atoms with Crippen LogP contribution < -0.4 is 5.32 Å². The van der Waals surface area contributed by atoms with Crippen molar-refractivity contribution >= 4 is 25.1 Å². The number of benzene rings is 1. The van der Waals surface area contributed by atoms with E-state index in [0.717, 1.165) is 24.0 Å². The Morgan fingerprint density at radius 3 is 2.66 bits per heavy atom. The molecule has 7 heteroatoms. The van der Waals surface area contributed by atoms with E-state index in [0.29, 0.717) is 30.6 Å². The molecule has 155 valence electrons. The maximum atomic E-state index is 12.7. The highest BCUT2D eigenvalue weighted by atomic mass is 16.7. The zero-order valence-electron chi connectivity index (χ0n) is 17.2. The Bertz CT molecular complexity index is 760. The summed E-state index contributed by atoms with van der Waals surface area (Å²) in [6, 6.07) is 5.50. The lowest BCUT2D eigenvalue weighted by atomic mass is 9.57. The van der Waals surface area contributed by atoms with Gasteiger partial charge in [0, 0.05) is 26.2 Å². The maximum absolute atomic E-state index is 12.7. The number of fused-ring (bicyclic) bond motifs is 1. The van der Waals surface area contributed by atoms with Gasteiger partial charge in [0.05, 0.1) is 5.56 Å². The fourth-order valence-corrected chi connectivity index (χ4v) is 4.31. The molecule has 6 nitrogen and oxygen atoms in total. The lowest BCUT2D eigenvalue weighted by Gasteiger charge is -2.26. The molecule has 1 saturated carbocycles. The molecule has 1 aromatic carbocycles. The van der Waals surface area contributed by atoms with E-state index in [1.165, 1.54) is 26.2 Å². The van der Waals surface area contributed by atoms with Crippen molar-refractivity contribution in [2.45, 2.75) is 77.3 Å². The van der Waals surface area contributed by atoms with Gasteiger partial charge in [-0.1, -0.05) is 37.7 Å². The molecule has 2 atom stereocenters. The van der Waals surface area contributed by atoms with Gasteiger partial charge in [-0.25, -0.2) is 4.79 Å². The van der Waals surface area contributed by atoms with Crippen molar-refractivity contribution < 1.29 is 23.9 Å². The Hall–Kier alpha value is -2.31. The Morgan fingerprint density at radius 1 is 1.17 bits per heavy atom. The van der Waals surface area contributed by atoms with Crippen molar-refractivity contribution in [3.8, 4) is 0 Å². The second kappa shape index (κ2) is 9.94. The maximum Gasteiger partial charge on any atom is 0.341 e. The molecule has 1 amide bonds. The van der Waals surface area contributed by atoms with E-state index < -0.39 is 12.3 Å². The topological polar surface area (TPSA) is 81.7 Å². The van der Waals surface area contributed by atoms with Gasteiger partial charge in [-0.05, 0) is 42.4 Å². The number of hydrogen-bond donors (Lipinski definition) is 1. The van der Waals surface area contributed by atoms with Crippen LogP contribution in [0.5, 0.6) is 0 Å². The number of ether oxygens (including phenoxy) is 2. The molecule has 0 bridgehead atoms. The quantitative estimate of drug-likeness (QED) is 0.453. The van der Waals surface area contributed by atoms with Gasteiger partial charge in [0.2, 0.25) is 12.2 Å². The highest BCUT2D eigenvalue weighted by Crippen LogP contribution is 2.27. The summed E-state index contributed by atoms with van der Waals surface area (Å²) in [6.45, 7) is 3.07. The van der Waals surface area contributed by atoms with Gasteiger partial charge in [0.15, 0.2) is 0 Å². The van der Waals surface area contributed by atoms with Crippen LogP contribution in [0.1, 0.15) is 73.9 Å². The van der Waals surface area contributed by atoms with Gasteiger partial charge in [-0.3, -0.25) is 9.59 Å². The fourth-order valence-electron chi connectivity index (χ4n) is 4.31. The molecule has 29 heavy (non-hydrogen) atoms. The minimum Gasteiger partial charge on any atom is -0.425 e. The molecule has 3 rings (SSSR count). The molecule has 1 radical (unpaired) electrons. The van der Waals surface area contributed by atoms with Crippen LogP contribution in [0.15, 0.2) is 18.2 Å². The van der Waals surface area contributed by atoms with Crippen LogP contribution in [0.3, 0.4) is 0 Å². The summed E-state index contributed by atoms with van der Waals surface area (Å²) in [5, 5.41) is 2.89. The lowest BCUT2D eigenvalue weighted by Crippen LogP contribution is -2.43. The second-order valence-corrected chi connectivity index (χ2v) is 8.07. The van der Waals surface area contributed by atoms with Crippen molar-refractivity contribution in [1.82, 2.24) is 5.32 Å². The van der Waals surface area contributed by atoms with E-state index in [2.05, 4.69) is 5.32 Å². The molecule has 0 spiro atoms. The third-order valence-electron chi connectivity index (χ3n) is 5.68. The Labute approximate surface area is 173 Å². The van der Waals surface area contributed by atoms with Crippen molar-refractivity contribution in [2.24, 2.45) is 5.92 Å². The summed E-state index contributed by atoms with van der Waals surface area (Å²) >= 11 is 0. The smallest absolute Gasteiger partial charge is 0.341 e. The molecule has 1 aromatic rings. The standard InChI is InChI=1S/C22H29BNO5/c1-14(25)24-20-12-17-9-6-10-18(19(17)13-23-20)22(27)29-15(2)28-21(26)11-16-7-4-3-5-8-16/h6,9-10,15-16,20H,3-5,7-8,11-13H2,1-2H3,(H,24,25)/t15?,20-/m0/s1. The van der Waals surface area contributed by atoms with E-state index in [-0.39, 0.29) is 17.8 Å². The van der Waals surface area contributed by atoms with Crippen molar-refractivity contribution in [3.63, 3.8) is 0 Å². The van der Waals surface area contributed by atoms with Crippen LogP contribution >= 0.6 is 0 Å². The monoisotopic (exact) mass is 398 g/mol. The van der Waals surface area contributed by atoms with Crippen LogP contribution in [0.4, 0.5) is 0 Å². The van der Waals surface area contributed by atoms with Gasteiger partial charge >= 0.3 is 11.9 Å². The number of esters is 2. The van der Waals surface area contributed by atoms with Gasteiger partial charge in [0.25, 0.3) is 0 Å². The van der Waals surface area contributed by atoms with E-state index in [1.54, 1.807) is 13.0 Å². The van der Waals surface area contributed by atoms with Gasteiger partial charge in [0.1, 0.15) is 7.28 Å². The summed E-state index contributed by atoms with van der Waals surface area (Å²) in [5.41, 5.74) is 2.40. The zero-order chi connectivity index (χ0) is 20.8. The van der Waals surface area contributed by atoms with Gasteiger partial charge in [-0.15, -0.1) is 0 Å². The van der Waals surface area contributed by atoms with Crippen molar-refractivity contribution in [1.29, 1.82) is 0 Å². The Kier molecular flexibility index (Phi) is 7.34. The summed E-state index contributed by atoms with van der Waals surface area (Å²) in [5.74, 6) is -0.530. The average molecular weight is 398 g/mol. The van der Waals surface area contributed by atoms with Crippen LogP contribution in [0.25, 0.3) is 0 Å². The Balaban J connectivity index is 1.55. The number of hydrogen-bond acceptors (Lipinski definition) is 5. The molecule has 1 aliphatic carbocycles. The molecular weight excluding hydrogens is 369 g/mol. The second-order valence-electron chi connectivity index (χ2n) is 8.07. The third-order valence-corrected chi connectivity index (χ3v) is 5.68. The zero-order valence-corrected chi connectivity index (χ0v) is 17.2. The van der Waals surface area contributed by atoms with Crippen LogP contribution in [0.2, 0.25) is 0 Å². The molecule has 1 fully saturated rings. The van der Waals surface area contributed by atoms with Gasteiger partial charge < -0.3 is 14.8 Å². The number of rotatable bonds is 6. The molecule has 1 N–H and O–H groups in total. The third kappa shape index (κ3) is 6.08. The molecule has 2 aliphatic rings.